The maximum Gasteiger partial charge on any atom is 0.328 e. The van der Waals surface area contributed by atoms with Crippen LogP contribution in [0.15, 0.2) is 18.2 Å². The highest BCUT2D eigenvalue weighted by molar-refractivity contribution is 7.80. The van der Waals surface area contributed by atoms with Gasteiger partial charge in [0.05, 0.1) is 27.7 Å². The molecule has 1 saturated heterocycles. The van der Waals surface area contributed by atoms with Crippen LogP contribution in [0.3, 0.4) is 0 Å². The van der Waals surface area contributed by atoms with Crippen molar-refractivity contribution in [2.24, 2.45) is 0 Å². The number of hydrogen-bond donors (Lipinski definition) is 2. The zero-order valence-corrected chi connectivity index (χ0v) is 12.9. The average Bonchev–Trinajstić information content (AvgIpc) is 2.65. The second-order valence-corrected chi connectivity index (χ2v) is 6.05. The summed E-state index contributed by atoms with van der Waals surface area (Å²) in [5, 5.41) is 16.7. The number of amides is 2. The minimum absolute atomic E-state index is 0.0925. The van der Waals surface area contributed by atoms with Gasteiger partial charge < -0.3 is 10.6 Å². The number of benzene rings is 1. The minimum Gasteiger partial charge on any atom is -0.355 e. The number of anilines is 1. The highest BCUT2D eigenvalue weighted by Gasteiger charge is 2.35. The largest absolute Gasteiger partial charge is 0.355 e. The van der Waals surface area contributed by atoms with Gasteiger partial charge in [-0.05, 0) is 32.1 Å². The lowest BCUT2D eigenvalue weighted by atomic mass is 10.1. The van der Waals surface area contributed by atoms with Gasteiger partial charge in [-0.25, -0.2) is 4.79 Å². The van der Waals surface area contributed by atoms with E-state index in [-0.39, 0.29) is 16.2 Å². The van der Waals surface area contributed by atoms with Crippen LogP contribution in [-0.4, -0.2) is 33.1 Å². The van der Waals surface area contributed by atoms with Gasteiger partial charge in [0, 0.05) is 12.1 Å². The van der Waals surface area contributed by atoms with Gasteiger partial charge in [-0.3, -0.25) is 15.0 Å². The summed E-state index contributed by atoms with van der Waals surface area (Å²) in [6, 6.07) is 3.40. The van der Waals surface area contributed by atoms with E-state index in [1.165, 1.54) is 23.1 Å². The number of rotatable bonds is 2. The number of halogens is 1. The quantitative estimate of drug-likeness (QED) is 0.495. The molecule has 2 rings (SSSR count). The van der Waals surface area contributed by atoms with Gasteiger partial charge >= 0.3 is 6.03 Å². The molecule has 1 aromatic carbocycles. The molecular formula is C12H13ClN4O3S. The molecule has 0 aliphatic carbocycles. The predicted molar refractivity (Wildman–Crippen MR) is 83.6 cm³/mol. The molecule has 0 radical (unpaired) electrons. The Labute approximate surface area is 131 Å². The van der Waals surface area contributed by atoms with Crippen LogP contribution in [0.25, 0.3) is 0 Å². The Hall–Kier alpha value is -1.93. The lowest BCUT2D eigenvalue weighted by Gasteiger charge is -2.18. The summed E-state index contributed by atoms with van der Waals surface area (Å²) >= 11 is 11.0. The summed E-state index contributed by atoms with van der Waals surface area (Å²) in [5.41, 5.74) is -0.148. The molecule has 1 heterocycles. The molecule has 1 fully saturated rings. The molecule has 112 valence electrons. The van der Waals surface area contributed by atoms with E-state index in [9.17, 15) is 14.9 Å². The molecule has 0 spiro atoms. The third-order valence-electron chi connectivity index (χ3n) is 2.89. The maximum absolute atomic E-state index is 12.2. The lowest BCUT2D eigenvalue weighted by Crippen LogP contribution is -2.37. The number of non-ortho nitro benzene ring substituents is 1. The van der Waals surface area contributed by atoms with Gasteiger partial charge in [-0.1, -0.05) is 11.6 Å². The Morgan fingerprint density at radius 3 is 2.71 bits per heavy atom. The van der Waals surface area contributed by atoms with Crippen LogP contribution in [0.1, 0.15) is 13.8 Å². The number of carbonyl (C=O) groups excluding carboxylic acids is 1. The molecule has 2 N–H and O–H groups in total. The number of nitrogens with one attached hydrogen (secondary N) is 2. The van der Waals surface area contributed by atoms with Gasteiger partial charge in [0.15, 0.2) is 5.11 Å². The van der Waals surface area contributed by atoms with Crippen LogP contribution in [0.2, 0.25) is 5.02 Å². The Kier molecular flexibility index (Phi) is 4.02. The molecule has 0 aromatic heterocycles. The molecule has 0 unspecified atom stereocenters. The lowest BCUT2D eigenvalue weighted by molar-refractivity contribution is -0.384. The van der Waals surface area contributed by atoms with Gasteiger partial charge in [0.25, 0.3) is 5.69 Å². The third kappa shape index (κ3) is 3.40. The molecule has 0 bridgehead atoms. The summed E-state index contributed by atoms with van der Waals surface area (Å²) in [5.74, 6) is 0. The van der Waals surface area contributed by atoms with Crippen LogP contribution in [-0.2, 0) is 0 Å². The molecular weight excluding hydrogens is 316 g/mol. The smallest absolute Gasteiger partial charge is 0.328 e. The van der Waals surface area contributed by atoms with Crippen molar-refractivity contribution in [2.45, 2.75) is 19.4 Å². The fourth-order valence-electron chi connectivity index (χ4n) is 1.93. The van der Waals surface area contributed by atoms with Crippen molar-refractivity contribution < 1.29 is 9.72 Å². The van der Waals surface area contributed by atoms with Crippen molar-refractivity contribution in [3.63, 3.8) is 0 Å². The van der Waals surface area contributed by atoms with E-state index in [2.05, 4.69) is 10.6 Å². The second kappa shape index (κ2) is 5.45. The van der Waals surface area contributed by atoms with Crippen molar-refractivity contribution in [3.8, 4) is 0 Å². The monoisotopic (exact) mass is 328 g/mol. The van der Waals surface area contributed by atoms with Crippen LogP contribution in [0, 0.1) is 10.1 Å². The minimum atomic E-state index is -0.556. The van der Waals surface area contributed by atoms with Crippen molar-refractivity contribution >= 4 is 46.3 Å². The first-order valence-electron chi connectivity index (χ1n) is 6.04. The first kappa shape index (κ1) is 15.5. The van der Waals surface area contributed by atoms with E-state index >= 15 is 0 Å². The molecule has 1 aliphatic heterocycles. The Morgan fingerprint density at radius 2 is 2.24 bits per heavy atom. The highest BCUT2D eigenvalue weighted by atomic mass is 35.5. The van der Waals surface area contributed by atoms with E-state index in [0.29, 0.717) is 17.3 Å². The van der Waals surface area contributed by atoms with Gasteiger partial charge in [0.2, 0.25) is 0 Å². The summed E-state index contributed by atoms with van der Waals surface area (Å²) in [6.07, 6.45) is 0. The van der Waals surface area contributed by atoms with E-state index < -0.39 is 11.0 Å². The van der Waals surface area contributed by atoms with E-state index in [1.807, 2.05) is 13.8 Å². The summed E-state index contributed by atoms with van der Waals surface area (Å²) in [4.78, 5) is 23.6. The number of carbonyl (C=O) groups is 1. The van der Waals surface area contributed by atoms with E-state index in [0.717, 1.165) is 0 Å². The highest BCUT2D eigenvalue weighted by Crippen LogP contribution is 2.27. The van der Waals surface area contributed by atoms with Gasteiger partial charge in [-0.2, -0.15) is 0 Å². The molecule has 0 atom stereocenters. The Morgan fingerprint density at radius 1 is 1.57 bits per heavy atom. The fraction of sp³-hybridized carbons (Fsp3) is 0.333. The summed E-state index contributed by atoms with van der Waals surface area (Å²) in [6.45, 7) is 4.26. The molecule has 1 aliphatic rings. The normalized spacial score (nSPS) is 16.5. The van der Waals surface area contributed by atoms with E-state index in [4.69, 9.17) is 23.8 Å². The predicted octanol–water partition coefficient (Wildman–Crippen LogP) is 2.75. The molecule has 9 heteroatoms. The van der Waals surface area contributed by atoms with Crippen LogP contribution in [0.5, 0.6) is 0 Å². The number of hydrogen-bond acceptors (Lipinski definition) is 4. The second-order valence-electron chi connectivity index (χ2n) is 5.25. The summed E-state index contributed by atoms with van der Waals surface area (Å²) < 4.78 is 0. The number of nitrogens with zero attached hydrogens (tertiary/aromatic N) is 2. The first-order chi connectivity index (χ1) is 9.69. The Bertz CT molecular complexity index is 635. The van der Waals surface area contributed by atoms with Crippen molar-refractivity contribution in [1.82, 2.24) is 10.2 Å². The standard InChI is InChI=1S/C12H13ClN4O3S/c1-12(2)6-16(11(21)15-12)10(18)14-9-4-3-7(17(19)20)5-8(9)13/h3-5H,6H2,1-2H3,(H,14,18)(H,15,21). The van der Waals surface area contributed by atoms with Gasteiger partial charge in [-0.15, -0.1) is 0 Å². The van der Waals surface area contributed by atoms with Crippen molar-refractivity contribution in [1.29, 1.82) is 0 Å². The van der Waals surface area contributed by atoms with Gasteiger partial charge in [0.1, 0.15) is 0 Å². The first-order valence-corrected chi connectivity index (χ1v) is 6.83. The number of thiocarbonyl (C=S) groups is 1. The molecule has 7 nitrogen and oxygen atoms in total. The molecule has 21 heavy (non-hydrogen) atoms. The number of nitro groups is 1. The van der Waals surface area contributed by atoms with Crippen molar-refractivity contribution in [3.05, 3.63) is 33.3 Å². The number of nitro benzene ring substituents is 1. The van der Waals surface area contributed by atoms with Crippen LogP contribution >= 0.6 is 23.8 Å². The third-order valence-corrected chi connectivity index (χ3v) is 3.53. The molecule has 0 saturated carbocycles. The molecule has 2 amide bonds. The maximum atomic E-state index is 12.2. The van der Waals surface area contributed by atoms with Crippen LogP contribution in [0.4, 0.5) is 16.2 Å². The summed E-state index contributed by atoms with van der Waals surface area (Å²) in [7, 11) is 0. The topological polar surface area (TPSA) is 87.5 Å². The SMILES string of the molecule is CC1(C)CN(C(=O)Nc2ccc([N+](=O)[O-])cc2Cl)C(=S)N1. The zero-order chi connectivity index (χ0) is 15.8. The van der Waals surface area contributed by atoms with E-state index in [1.54, 1.807) is 0 Å². The Balaban J connectivity index is 2.14. The van der Waals surface area contributed by atoms with Crippen molar-refractivity contribution in [2.75, 3.05) is 11.9 Å². The number of urea groups is 1. The zero-order valence-electron chi connectivity index (χ0n) is 11.3. The fourth-order valence-corrected chi connectivity index (χ4v) is 2.58. The van der Waals surface area contributed by atoms with Crippen LogP contribution < -0.4 is 10.6 Å². The molecule has 1 aromatic rings. The average molecular weight is 329 g/mol.